The minimum atomic E-state index is -1.10. The van der Waals surface area contributed by atoms with Crippen LogP contribution in [0.3, 0.4) is 0 Å². The number of hydrogen-bond donors (Lipinski definition) is 2. The summed E-state index contributed by atoms with van der Waals surface area (Å²) in [7, 11) is 1.77. The molecule has 2 N–H and O–H groups in total. The Balaban J connectivity index is 1.93. The summed E-state index contributed by atoms with van der Waals surface area (Å²) in [6.45, 7) is 3.23. The van der Waals surface area contributed by atoms with E-state index in [1.54, 1.807) is 18.7 Å². The zero-order chi connectivity index (χ0) is 18.6. The maximum atomic E-state index is 13.0. The molecule has 1 atom stereocenters. The summed E-state index contributed by atoms with van der Waals surface area (Å²) in [5, 5.41) is 16.0. The molecule has 1 amide bonds. The molecule has 1 unspecified atom stereocenters. The lowest BCUT2D eigenvalue weighted by Crippen LogP contribution is -2.34. The van der Waals surface area contributed by atoms with Crippen molar-refractivity contribution in [3.8, 4) is 5.75 Å². The Hall–Kier alpha value is -2.90. The van der Waals surface area contributed by atoms with Crippen molar-refractivity contribution in [3.05, 3.63) is 47.0 Å². The third kappa shape index (κ3) is 4.56. The highest BCUT2D eigenvalue weighted by Crippen LogP contribution is 2.21. The van der Waals surface area contributed by atoms with Gasteiger partial charge in [0.1, 0.15) is 11.5 Å². The number of carbonyl (C=O) groups is 2. The number of nitrogens with zero attached hydrogens (tertiary/aromatic N) is 2. The van der Waals surface area contributed by atoms with E-state index < -0.39 is 23.6 Å². The van der Waals surface area contributed by atoms with Crippen molar-refractivity contribution in [2.24, 2.45) is 7.05 Å². The molecule has 0 bridgehead atoms. The van der Waals surface area contributed by atoms with Crippen molar-refractivity contribution in [1.29, 1.82) is 0 Å². The first-order valence-electron chi connectivity index (χ1n) is 7.67. The maximum absolute atomic E-state index is 13.0. The average Bonchev–Trinajstić information content (AvgIpc) is 2.79. The molecule has 7 nitrogen and oxygen atoms in total. The molecule has 1 aromatic carbocycles. The summed E-state index contributed by atoms with van der Waals surface area (Å²) >= 11 is 0. The minimum Gasteiger partial charge on any atom is -0.481 e. The number of aromatic nitrogens is 2. The van der Waals surface area contributed by atoms with Crippen LogP contribution < -0.4 is 10.1 Å². The molecule has 1 aromatic heterocycles. The van der Waals surface area contributed by atoms with Crippen molar-refractivity contribution >= 4 is 11.9 Å². The predicted octanol–water partition coefficient (Wildman–Crippen LogP) is 1.54. The number of aliphatic carboxylic acids is 1. The van der Waals surface area contributed by atoms with E-state index in [9.17, 15) is 19.1 Å². The lowest BCUT2D eigenvalue weighted by Gasteiger charge is -2.14. The molecule has 8 heteroatoms. The minimum absolute atomic E-state index is 0.117. The van der Waals surface area contributed by atoms with E-state index in [0.717, 1.165) is 5.69 Å². The zero-order valence-corrected chi connectivity index (χ0v) is 14.2. The molecule has 134 valence electrons. The van der Waals surface area contributed by atoms with Gasteiger partial charge in [0.25, 0.3) is 5.91 Å². The number of rotatable bonds is 7. The van der Waals surface area contributed by atoms with E-state index in [2.05, 4.69) is 10.4 Å². The van der Waals surface area contributed by atoms with Crippen LogP contribution in [-0.4, -0.2) is 39.9 Å². The molecule has 0 aliphatic carbocycles. The summed E-state index contributed by atoms with van der Waals surface area (Å²) in [5.74, 6) is -2.44. The van der Waals surface area contributed by atoms with Gasteiger partial charge < -0.3 is 15.2 Å². The van der Waals surface area contributed by atoms with Gasteiger partial charge >= 0.3 is 5.97 Å². The average molecular weight is 349 g/mol. The largest absolute Gasteiger partial charge is 0.481 e. The van der Waals surface area contributed by atoms with Gasteiger partial charge in [-0.3, -0.25) is 14.3 Å². The number of nitrogens with one attached hydrogen (secondary N) is 1. The smallest absolute Gasteiger partial charge is 0.312 e. The molecule has 0 aliphatic heterocycles. The Bertz CT molecular complexity index is 771. The predicted molar refractivity (Wildman–Crippen MR) is 88.0 cm³/mol. The highest BCUT2D eigenvalue weighted by Gasteiger charge is 2.21. The quantitative estimate of drug-likeness (QED) is 0.791. The number of carboxylic acids is 1. The SMILES string of the molecule is Cc1nn(C)c(C)c1OCC(=O)NCC(C(=O)O)c1ccc(F)cc1. The molecular formula is C17H20FN3O4. The van der Waals surface area contributed by atoms with Gasteiger partial charge in [-0.25, -0.2) is 4.39 Å². The first-order valence-corrected chi connectivity index (χ1v) is 7.67. The fourth-order valence-corrected chi connectivity index (χ4v) is 2.41. The van der Waals surface area contributed by atoms with Gasteiger partial charge in [-0.2, -0.15) is 5.10 Å². The van der Waals surface area contributed by atoms with Crippen LogP contribution in [0, 0.1) is 19.7 Å². The van der Waals surface area contributed by atoms with E-state index >= 15 is 0 Å². The first kappa shape index (κ1) is 18.4. The van der Waals surface area contributed by atoms with Crippen molar-refractivity contribution in [2.75, 3.05) is 13.2 Å². The first-order chi connectivity index (χ1) is 11.8. The zero-order valence-electron chi connectivity index (χ0n) is 14.2. The van der Waals surface area contributed by atoms with E-state index in [1.807, 2.05) is 6.92 Å². The third-order valence-corrected chi connectivity index (χ3v) is 3.86. The number of aryl methyl sites for hydroxylation is 2. The summed E-state index contributed by atoms with van der Waals surface area (Å²) in [5.41, 5.74) is 1.87. The molecule has 2 rings (SSSR count). The van der Waals surface area contributed by atoms with Crippen LogP contribution in [0.5, 0.6) is 5.75 Å². The fourth-order valence-electron chi connectivity index (χ4n) is 2.41. The Morgan fingerprint density at radius 2 is 1.96 bits per heavy atom. The molecular weight excluding hydrogens is 329 g/mol. The van der Waals surface area contributed by atoms with Crippen LogP contribution in [-0.2, 0) is 16.6 Å². The summed E-state index contributed by atoms with van der Waals surface area (Å²) in [6.07, 6.45) is 0. The topological polar surface area (TPSA) is 93.5 Å². The molecule has 1 heterocycles. The molecule has 0 spiro atoms. The van der Waals surface area contributed by atoms with E-state index in [4.69, 9.17) is 4.74 Å². The van der Waals surface area contributed by atoms with Gasteiger partial charge in [0, 0.05) is 13.6 Å². The standard InChI is InChI=1S/C17H20FN3O4/c1-10-16(11(2)21(3)20-10)25-9-15(22)19-8-14(17(23)24)12-4-6-13(18)7-5-12/h4-7,14H,8-9H2,1-3H3,(H,19,22)(H,23,24). The van der Waals surface area contributed by atoms with Gasteiger partial charge in [0.05, 0.1) is 11.6 Å². The van der Waals surface area contributed by atoms with E-state index in [-0.39, 0.29) is 13.2 Å². The van der Waals surface area contributed by atoms with Gasteiger partial charge in [0.2, 0.25) is 0 Å². The molecule has 2 aromatic rings. The Labute approximate surface area is 144 Å². The van der Waals surface area contributed by atoms with Crippen molar-refractivity contribution < 1.29 is 23.8 Å². The lowest BCUT2D eigenvalue weighted by molar-refractivity contribution is -0.138. The van der Waals surface area contributed by atoms with Gasteiger partial charge in [-0.15, -0.1) is 0 Å². The number of amides is 1. The number of carbonyl (C=O) groups excluding carboxylic acids is 1. The van der Waals surface area contributed by atoms with Crippen molar-refractivity contribution in [2.45, 2.75) is 19.8 Å². The van der Waals surface area contributed by atoms with E-state index in [0.29, 0.717) is 17.0 Å². The molecule has 25 heavy (non-hydrogen) atoms. The number of benzene rings is 1. The summed E-state index contributed by atoms with van der Waals surface area (Å²) in [4.78, 5) is 23.3. The molecule has 0 saturated heterocycles. The number of carboxylic acid groups (broad SMARTS) is 1. The Morgan fingerprint density at radius 1 is 1.32 bits per heavy atom. The molecule has 0 saturated carbocycles. The highest BCUT2D eigenvalue weighted by atomic mass is 19.1. The van der Waals surface area contributed by atoms with Crippen LogP contribution >= 0.6 is 0 Å². The molecule has 0 radical (unpaired) electrons. The Morgan fingerprint density at radius 3 is 2.48 bits per heavy atom. The lowest BCUT2D eigenvalue weighted by atomic mass is 9.99. The van der Waals surface area contributed by atoms with E-state index in [1.165, 1.54) is 24.3 Å². The summed E-state index contributed by atoms with van der Waals surface area (Å²) < 4.78 is 20.1. The van der Waals surface area contributed by atoms with Gasteiger partial charge in [-0.05, 0) is 31.5 Å². The third-order valence-electron chi connectivity index (χ3n) is 3.86. The second kappa shape index (κ2) is 7.78. The van der Waals surface area contributed by atoms with Crippen LogP contribution in [0.4, 0.5) is 4.39 Å². The van der Waals surface area contributed by atoms with Crippen LogP contribution in [0.25, 0.3) is 0 Å². The second-order valence-electron chi connectivity index (χ2n) is 5.66. The highest BCUT2D eigenvalue weighted by molar-refractivity contribution is 5.80. The maximum Gasteiger partial charge on any atom is 0.312 e. The van der Waals surface area contributed by atoms with Crippen molar-refractivity contribution in [1.82, 2.24) is 15.1 Å². The van der Waals surface area contributed by atoms with Gasteiger partial charge in [-0.1, -0.05) is 12.1 Å². The number of ether oxygens (including phenoxy) is 1. The van der Waals surface area contributed by atoms with Gasteiger partial charge in [0.15, 0.2) is 12.4 Å². The molecule has 0 aliphatic rings. The second-order valence-corrected chi connectivity index (χ2v) is 5.66. The molecule has 0 fully saturated rings. The fraction of sp³-hybridized carbons (Fsp3) is 0.353. The van der Waals surface area contributed by atoms with Crippen LogP contribution in [0.1, 0.15) is 22.9 Å². The van der Waals surface area contributed by atoms with Crippen LogP contribution in [0.2, 0.25) is 0 Å². The van der Waals surface area contributed by atoms with Crippen LogP contribution in [0.15, 0.2) is 24.3 Å². The number of halogens is 1. The normalized spacial score (nSPS) is 11.8. The van der Waals surface area contributed by atoms with Crippen molar-refractivity contribution in [3.63, 3.8) is 0 Å². The number of hydrogen-bond acceptors (Lipinski definition) is 4. The monoisotopic (exact) mass is 349 g/mol. The summed E-state index contributed by atoms with van der Waals surface area (Å²) in [6, 6.07) is 5.15. The Kier molecular flexibility index (Phi) is 5.74.